The maximum Gasteiger partial charge on any atom is 0.271 e. The molecule has 0 spiro atoms. The van der Waals surface area contributed by atoms with E-state index in [2.05, 4.69) is 68.0 Å². The number of aryl methyl sites for hydroxylation is 1. The van der Waals surface area contributed by atoms with Crippen molar-refractivity contribution in [3.05, 3.63) is 51.1 Å². The molecule has 0 radical (unpaired) electrons. The topological polar surface area (TPSA) is 134 Å². The highest BCUT2D eigenvalue weighted by molar-refractivity contribution is 6.32. The summed E-state index contributed by atoms with van der Waals surface area (Å²) in [7, 11) is 0. The fourth-order valence-electron chi connectivity index (χ4n) is 5.53. The largest absolute Gasteiger partial charge is 0.382 e. The Kier molecular flexibility index (Phi) is 8.38. The molecule has 36 heavy (non-hydrogen) atoms. The van der Waals surface area contributed by atoms with Crippen molar-refractivity contribution in [2.45, 2.75) is 51.2 Å². The van der Waals surface area contributed by atoms with E-state index in [1.807, 2.05) is 0 Å². The highest BCUT2D eigenvalue weighted by Crippen LogP contribution is 2.31. The van der Waals surface area contributed by atoms with E-state index in [0.29, 0.717) is 17.9 Å². The zero-order valence-electron chi connectivity index (χ0n) is 20.9. The van der Waals surface area contributed by atoms with Gasteiger partial charge >= 0.3 is 0 Å². The minimum atomic E-state index is -0.746. The summed E-state index contributed by atoms with van der Waals surface area (Å²) in [5.41, 5.74) is 13.5. The zero-order chi connectivity index (χ0) is 25.8. The lowest BCUT2D eigenvalue weighted by Crippen LogP contribution is -2.58. The number of halogens is 1. The third-order valence-electron chi connectivity index (χ3n) is 7.51. The van der Waals surface area contributed by atoms with Crippen LogP contribution in [-0.4, -0.2) is 77.0 Å². The first kappa shape index (κ1) is 26.2. The number of amides is 1. The first-order chi connectivity index (χ1) is 17.3. The predicted molar refractivity (Wildman–Crippen MR) is 142 cm³/mol. The van der Waals surface area contributed by atoms with Gasteiger partial charge in [0.2, 0.25) is 0 Å². The van der Waals surface area contributed by atoms with Crippen LogP contribution in [0.3, 0.4) is 0 Å². The van der Waals surface area contributed by atoms with Gasteiger partial charge in [0.15, 0.2) is 22.5 Å². The molecule has 0 saturated carbocycles. The van der Waals surface area contributed by atoms with Crippen molar-refractivity contribution in [2.24, 2.45) is 10.9 Å². The van der Waals surface area contributed by atoms with Gasteiger partial charge in [0.25, 0.3) is 5.91 Å². The number of likely N-dealkylation sites (tertiary alicyclic amines) is 1. The third kappa shape index (κ3) is 5.61. The second-order valence-electron chi connectivity index (χ2n) is 9.69. The van der Waals surface area contributed by atoms with Crippen LogP contribution in [0.5, 0.6) is 0 Å². The number of carbonyl (C=O) groups is 1. The minimum Gasteiger partial charge on any atom is -0.382 e. The second kappa shape index (κ2) is 11.5. The lowest BCUT2D eigenvalue weighted by atomic mass is 9.95. The van der Waals surface area contributed by atoms with Crippen LogP contribution in [0.4, 0.5) is 11.6 Å². The van der Waals surface area contributed by atoms with Crippen molar-refractivity contribution in [1.29, 1.82) is 0 Å². The summed E-state index contributed by atoms with van der Waals surface area (Å²) < 4.78 is 0. The van der Waals surface area contributed by atoms with E-state index in [0.717, 1.165) is 57.5 Å². The van der Waals surface area contributed by atoms with Gasteiger partial charge in [-0.15, -0.1) is 0 Å². The molecule has 2 fully saturated rings. The molecule has 2 aliphatic rings. The molecule has 0 bridgehead atoms. The molecule has 2 aliphatic heterocycles. The Bertz CT molecular complexity index is 1070. The van der Waals surface area contributed by atoms with Gasteiger partial charge in [0.1, 0.15) is 6.54 Å². The number of piperazine rings is 1. The number of aromatic nitrogens is 2. The van der Waals surface area contributed by atoms with Crippen LogP contribution in [0.25, 0.3) is 0 Å². The Labute approximate surface area is 217 Å². The van der Waals surface area contributed by atoms with Gasteiger partial charge < -0.3 is 16.4 Å². The molecule has 0 aliphatic carbocycles. The average molecular weight is 515 g/mol. The standard InChI is InChI=1S/C25H35ClN8O2/c1-3-18-15-33(25-22(26)30-21(24(28)35)23(27)31-25)12-13-34(18)19-8-10-32(11-9-19)20(14-29-36)17-6-4-16(2)5-7-17/h4-7,18-20H,3,8-15H2,1-2H3,(H2,27,31)(H2,28,35)/t18?,20-/m0/s1. The van der Waals surface area contributed by atoms with Crippen molar-refractivity contribution in [3.63, 3.8) is 0 Å². The van der Waals surface area contributed by atoms with Gasteiger partial charge in [-0.3, -0.25) is 14.6 Å². The smallest absolute Gasteiger partial charge is 0.271 e. The highest BCUT2D eigenvalue weighted by atomic mass is 35.5. The second-order valence-corrected chi connectivity index (χ2v) is 10.0. The highest BCUT2D eigenvalue weighted by Gasteiger charge is 2.35. The third-order valence-corrected chi connectivity index (χ3v) is 7.77. The van der Waals surface area contributed by atoms with E-state index >= 15 is 0 Å². The summed E-state index contributed by atoms with van der Waals surface area (Å²) in [6.45, 7) is 8.74. The molecular weight excluding hydrogens is 480 g/mol. The lowest BCUT2D eigenvalue weighted by molar-refractivity contribution is 0.0500. The molecule has 2 aromatic rings. The van der Waals surface area contributed by atoms with Gasteiger partial charge in [0.05, 0.1) is 6.04 Å². The van der Waals surface area contributed by atoms with Crippen molar-refractivity contribution in [2.75, 3.05) is 49.9 Å². The molecule has 1 amide bonds. The Balaban J connectivity index is 1.41. The number of anilines is 2. The number of carbonyl (C=O) groups excluding carboxylic acids is 1. The Hall–Kier alpha value is -2.82. The molecule has 3 heterocycles. The minimum absolute atomic E-state index is 0.00213. The number of hydrogen-bond acceptors (Lipinski definition) is 9. The van der Waals surface area contributed by atoms with E-state index < -0.39 is 5.91 Å². The van der Waals surface area contributed by atoms with Gasteiger partial charge in [-0.05, 0) is 31.7 Å². The number of nitrogen functional groups attached to an aromatic ring is 1. The summed E-state index contributed by atoms with van der Waals surface area (Å²) in [6.07, 6.45) is 3.06. The number of hydrogen-bond donors (Lipinski definition) is 2. The van der Waals surface area contributed by atoms with Crippen LogP contribution >= 0.6 is 11.6 Å². The summed E-state index contributed by atoms with van der Waals surface area (Å²) in [6, 6.07) is 9.24. The number of primary amides is 1. The maximum atomic E-state index is 11.5. The number of nitrogens with zero attached hydrogens (tertiary/aromatic N) is 6. The normalized spacial score (nSPS) is 20.9. The van der Waals surface area contributed by atoms with Gasteiger partial charge in [-0.25, -0.2) is 9.97 Å². The number of nitrogens with two attached hydrogens (primary N) is 2. The first-order valence-electron chi connectivity index (χ1n) is 12.6. The molecule has 4 rings (SSSR count). The van der Waals surface area contributed by atoms with E-state index in [1.54, 1.807) is 0 Å². The van der Waals surface area contributed by atoms with Gasteiger partial charge in [-0.2, -0.15) is 4.91 Å². The van der Waals surface area contributed by atoms with Crippen LogP contribution in [-0.2, 0) is 0 Å². The maximum absolute atomic E-state index is 11.5. The number of nitroso groups, excluding NO2 is 1. The number of piperidine rings is 1. The van der Waals surface area contributed by atoms with E-state index in [1.165, 1.54) is 5.56 Å². The monoisotopic (exact) mass is 514 g/mol. The quantitative estimate of drug-likeness (QED) is 0.513. The molecule has 2 atom stereocenters. The Morgan fingerprint density at radius 1 is 1.17 bits per heavy atom. The van der Waals surface area contributed by atoms with Crippen molar-refractivity contribution >= 4 is 29.1 Å². The fraction of sp³-hybridized carbons (Fsp3) is 0.560. The molecule has 1 aromatic heterocycles. The van der Waals surface area contributed by atoms with Crippen molar-refractivity contribution < 1.29 is 4.79 Å². The van der Waals surface area contributed by atoms with Crippen LogP contribution in [0.2, 0.25) is 5.15 Å². The number of benzene rings is 1. The van der Waals surface area contributed by atoms with Gasteiger partial charge in [-0.1, -0.05) is 53.5 Å². The Morgan fingerprint density at radius 2 is 1.86 bits per heavy atom. The molecular formula is C25H35ClN8O2. The van der Waals surface area contributed by atoms with Crippen LogP contribution in [0.15, 0.2) is 29.4 Å². The van der Waals surface area contributed by atoms with E-state index in [4.69, 9.17) is 23.1 Å². The fourth-order valence-corrected chi connectivity index (χ4v) is 5.77. The molecule has 11 heteroatoms. The van der Waals surface area contributed by atoms with Gasteiger partial charge in [0, 0.05) is 44.8 Å². The van der Waals surface area contributed by atoms with E-state index in [9.17, 15) is 9.70 Å². The average Bonchev–Trinajstić information content (AvgIpc) is 2.88. The summed E-state index contributed by atoms with van der Waals surface area (Å²) in [5, 5.41) is 3.39. The summed E-state index contributed by atoms with van der Waals surface area (Å²) >= 11 is 6.36. The number of rotatable bonds is 8. The molecule has 4 N–H and O–H groups in total. The zero-order valence-corrected chi connectivity index (χ0v) is 21.7. The molecule has 2 saturated heterocycles. The molecule has 1 unspecified atom stereocenters. The van der Waals surface area contributed by atoms with Crippen LogP contribution in [0.1, 0.15) is 53.8 Å². The van der Waals surface area contributed by atoms with E-state index in [-0.39, 0.29) is 29.3 Å². The van der Waals surface area contributed by atoms with Crippen LogP contribution in [0, 0.1) is 11.8 Å². The first-order valence-corrected chi connectivity index (χ1v) is 12.9. The SMILES string of the molecule is CCC1CN(c2nc(N)c(C(N)=O)nc2Cl)CCN1C1CCN([C@@H](CN=O)c2ccc(C)cc2)CC1. The van der Waals surface area contributed by atoms with Crippen LogP contribution < -0.4 is 16.4 Å². The van der Waals surface area contributed by atoms with Crippen molar-refractivity contribution in [1.82, 2.24) is 19.8 Å². The molecule has 194 valence electrons. The predicted octanol–water partition coefficient (Wildman–Crippen LogP) is 2.99. The van der Waals surface area contributed by atoms with Crippen molar-refractivity contribution in [3.8, 4) is 0 Å². The summed E-state index contributed by atoms with van der Waals surface area (Å²) in [5.74, 6) is -0.253. The molecule has 1 aromatic carbocycles. The Morgan fingerprint density at radius 3 is 2.47 bits per heavy atom. The lowest BCUT2D eigenvalue weighted by Gasteiger charge is -2.48. The molecule has 10 nitrogen and oxygen atoms in total. The summed E-state index contributed by atoms with van der Waals surface area (Å²) in [4.78, 5) is 38.3.